The topological polar surface area (TPSA) is 74.7 Å². The minimum atomic E-state index is -4.12. The van der Waals surface area contributed by atoms with Crippen molar-refractivity contribution in [2.75, 3.05) is 6.54 Å². The van der Waals surface area contributed by atoms with Crippen LogP contribution in [0.25, 0.3) is 0 Å². The number of benzene rings is 1. The fourth-order valence-electron chi connectivity index (χ4n) is 2.59. The number of hydrogen-bond donors (Lipinski definition) is 1. The highest BCUT2D eigenvalue weighted by Crippen LogP contribution is 2.31. The summed E-state index contributed by atoms with van der Waals surface area (Å²) < 4.78 is 40.2. The molecule has 0 unspecified atom stereocenters. The Bertz CT molecular complexity index is 664. The first-order valence-electron chi connectivity index (χ1n) is 6.45. The molecule has 1 fully saturated rings. The first kappa shape index (κ1) is 16.2. The number of carboxylic acid groups (broad SMARTS) is 1. The van der Waals surface area contributed by atoms with E-state index < -0.39 is 38.7 Å². The molecule has 1 aliphatic heterocycles. The molecule has 0 radical (unpaired) electrons. The van der Waals surface area contributed by atoms with Gasteiger partial charge in [0.25, 0.3) is 0 Å². The lowest BCUT2D eigenvalue weighted by Gasteiger charge is -2.36. The SMILES string of the molecule is C[C@@H]1[C@H](C(=O)O)CCCN1S(=O)(=O)c1cccc(Cl)c1F. The Morgan fingerprint density at radius 1 is 1.48 bits per heavy atom. The molecule has 5 nitrogen and oxygen atoms in total. The second kappa shape index (κ2) is 5.90. The predicted molar refractivity (Wildman–Crippen MR) is 75.1 cm³/mol. The minimum absolute atomic E-state index is 0.166. The van der Waals surface area contributed by atoms with Crippen LogP contribution in [0.1, 0.15) is 19.8 Å². The zero-order valence-electron chi connectivity index (χ0n) is 11.3. The van der Waals surface area contributed by atoms with Crippen molar-refractivity contribution in [1.29, 1.82) is 0 Å². The zero-order valence-corrected chi connectivity index (χ0v) is 12.9. The summed E-state index contributed by atoms with van der Waals surface area (Å²) in [5.74, 6) is -2.85. The molecule has 1 aromatic carbocycles. The highest BCUT2D eigenvalue weighted by molar-refractivity contribution is 7.89. The van der Waals surface area contributed by atoms with Gasteiger partial charge in [0.2, 0.25) is 10.0 Å². The van der Waals surface area contributed by atoms with Gasteiger partial charge in [0, 0.05) is 12.6 Å². The van der Waals surface area contributed by atoms with Crippen LogP contribution in [0.3, 0.4) is 0 Å². The Labute approximate surface area is 127 Å². The first-order chi connectivity index (χ1) is 9.76. The maximum atomic E-state index is 14.0. The second-order valence-corrected chi connectivity index (χ2v) is 7.26. The fraction of sp³-hybridized carbons (Fsp3) is 0.462. The lowest BCUT2D eigenvalue weighted by Crippen LogP contribution is -2.49. The molecule has 1 saturated heterocycles. The normalized spacial score (nSPS) is 24.0. The number of halogens is 2. The smallest absolute Gasteiger partial charge is 0.308 e. The Kier molecular flexibility index (Phi) is 4.55. The van der Waals surface area contributed by atoms with Gasteiger partial charge in [0.15, 0.2) is 5.82 Å². The largest absolute Gasteiger partial charge is 0.481 e. The lowest BCUT2D eigenvalue weighted by atomic mass is 9.92. The van der Waals surface area contributed by atoms with E-state index in [0.29, 0.717) is 12.8 Å². The van der Waals surface area contributed by atoms with Crippen molar-refractivity contribution in [2.45, 2.75) is 30.7 Å². The Morgan fingerprint density at radius 2 is 2.14 bits per heavy atom. The van der Waals surface area contributed by atoms with E-state index in [2.05, 4.69) is 0 Å². The van der Waals surface area contributed by atoms with Crippen molar-refractivity contribution in [3.8, 4) is 0 Å². The highest BCUT2D eigenvalue weighted by Gasteiger charge is 2.40. The third-order valence-electron chi connectivity index (χ3n) is 3.75. The number of piperidine rings is 1. The number of aliphatic carboxylic acids is 1. The summed E-state index contributed by atoms with van der Waals surface area (Å²) >= 11 is 5.62. The van der Waals surface area contributed by atoms with E-state index in [1.807, 2.05) is 0 Å². The summed E-state index contributed by atoms with van der Waals surface area (Å²) in [4.78, 5) is 10.7. The van der Waals surface area contributed by atoms with Gasteiger partial charge in [-0.25, -0.2) is 12.8 Å². The van der Waals surface area contributed by atoms with Gasteiger partial charge in [0.1, 0.15) is 4.90 Å². The average molecular weight is 336 g/mol. The number of hydrogen-bond acceptors (Lipinski definition) is 3. The van der Waals surface area contributed by atoms with Crippen LogP contribution in [0.5, 0.6) is 0 Å². The van der Waals surface area contributed by atoms with Crippen LogP contribution in [0.2, 0.25) is 5.02 Å². The molecule has 0 amide bonds. The molecule has 1 N–H and O–H groups in total. The highest BCUT2D eigenvalue weighted by atomic mass is 35.5. The molecule has 1 aromatic rings. The number of rotatable bonds is 3. The maximum Gasteiger partial charge on any atom is 0.308 e. The van der Waals surface area contributed by atoms with Crippen LogP contribution in [0.4, 0.5) is 4.39 Å². The summed E-state index contributed by atoms with van der Waals surface area (Å²) in [6.45, 7) is 1.69. The third kappa shape index (κ3) is 2.90. The fourth-order valence-corrected chi connectivity index (χ4v) is 4.62. The van der Waals surface area contributed by atoms with Crippen LogP contribution in [0, 0.1) is 11.7 Å². The summed E-state index contributed by atoms with van der Waals surface area (Å²) in [5, 5.41) is 8.86. The van der Waals surface area contributed by atoms with Crippen LogP contribution in [-0.4, -0.2) is 36.4 Å². The van der Waals surface area contributed by atoms with Gasteiger partial charge in [-0.2, -0.15) is 4.31 Å². The van der Waals surface area contributed by atoms with Gasteiger partial charge in [-0.3, -0.25) is 4.79 Å². The Hall–Kier alpha value is -1.18. The van der Waals surface area contributed by atoms with E-state index in [-0.39, 0.29) is 11.6 Å². The van der Waals surface area contributed by atoms with Gasteiger partial charge in [-0.1, -0.05) is 17.7 Å². The predicted octanol–water partition coefficient (Wildman–Crippen LogP) is 2.35. The molecular weight excluding hydrogens is 321 g/mol. The van der Waals surface area contributed by atoms with Gasteiger partial charge in [-0.15, -0.1) is 0 Å². The number of carbonyl (C=O) groups is 1. The van der Waals surface area contributed by atoms with Gasteiger partial charge in [0.05, 0.1) is 10.9 Å². The van der Waals surface area contributed by atoms with E-state index in [9.17, 15) is 17.6 Å². The number of carboxylic acids is 1. The van der Waals surface area contributed by atoms with Crippen LogP contribution >= 0.6 is 11.6 Å². The average Bonchev–Trinajstić information content (AvgIpc) is 2.41. The molecule has 2 atom stereocenters. The van der Waals surface area contributed by atoms with Crippen molar-refractivity contribution in [3.05, 3.63) is 29.0 Å². The Morgan fingerprint density at radius 3 is 2.76 bits per heavy atom. The molecule has 1 aliphatic rings. The standard InChI is InChI=1S/C13H15ClFNO4S/c1-8-9(13(17)18)4-3-7-16(8)21(19,20)11-6-2-5-10(14)12(11)15/h2,5-6,8-9H,3-4,7H2,1H3,(H,17,18)/t8-,9-/m1/s1. The van der Waals surface area contributed by atoms with Gasteiger partial charge >= 0.3 is 5.97 Å². The molecule has 8 heteroatoms. The van der Waals surface area contributed by atoms with Gasteiger partial charge < -0.3 is 5.11 Å². The van der Waals surface area contributed by atoms with E-state index >= 15 is 0 Å². The molecule has 21 heavy (non-hydrogen) atoms. The molecule has 0 aromatic heterocycles. The molecule has 0 bridgehead atoms. The molecule has 0 spiro atoms. The molecular formula is C13H15ClFNO4S. The maximum absolute atomic E-state index is 14.0. The van der Waals surface area contributed by atoms with Crippen molar-refractivity contribution < 1.29 is 22.7 Å². The molecule has 0 saturated carbocycles. The lowest BCUT2D eigenvalue weighted by molar-refractivity contribution is -0.144. The van der Waals surface area contributed by atoms with Crippen molar-refractivity contribution >= 4 is 27.6 Å². The van der Waals surface area contributed by atoms with E-state index in [1.165, 1.54) is 19.1 Å². The summed E-state index contributed by atoms with van der Waals surface area (Å²) in [6.07, 6.45) is 0.823. The minimum Gasteiger partial charge on any atom is -0.481 e. The summed E-state index contributed by atoms with van der Waals surface area (Å²) in [5.41, 5.74) is 0. The van der Waals surface area contributed by atoms with Crippen molar-refractivity contribution in [3.63, 3.8) is 0 Å². The monoisotopic (exact) mass is 335 g/mol. The molecule has 0 aliphatic carbocycles. The molecule has 1 heterocycles. The Balaban J connectivity index is 2.43. The second-order valence-electron chi connectivity index (χ2n) is 5.00. The molecule has 2 rings (SSSR count). The van der Waals surface area contributed by atoms with E-state index in [4.69, 9.17) is 16.7 Å². The van der Waals surface area contributed by atoms with Gasteiger partial charge in [-0.05, 0) is 31.9 Å². The van der Waals surface area contributed by atoms with Crippen molar-refractivity contribution in [2.24, 2.45) is 5.92 Å². The quantitative estimate of drug-likeness (QED) is 0.920. The van der Waals surface area contributed by atoms with E-state index in [1.54, 1.807) is 0 Å². The van der Waals surface area contributed by atoms with Crippen LogP contribution < -0.4 is 0 Å². The van der Waals surface area contributed by atoms with Crippen molar-refractivity contribution in [1.82, 2.24) is 4.31 Å². The third-order valence-corrected chi connectivity index (χ3v) is 6.05. The number of sulfonamides is 1. The van der Waals surface area contributed by atoms with Crippen LogP contribution in [-0.2, 0) is 14.8 Å². The number of nitrogens with zero attached hydrogens (tertiary/aromatic N) is 1. The molecule has 116 valence electrons. The summed E-state index contributed by atoms with van der Waals surface area (Å²) in [7, 11) is -4.12. The van der Waals surface area contributed by atoms with E-state index in [0.717, 1.165) is 10.4 Å². The first-order valence-corrected chi connectivity index (χ1v) is 8.27. The summed E-state index contributed by atoms with van der Waals surface area (Å²) in [6, 6.07) is 3.00. The zero-order chi connectivity index (χ0) is 15.8. The van der Waals surface area contributed by atoms with Crippen LogP contribution in [0.15, 0.2) is 23.1 Å².